The summed E-state index contributed by atoms with van der Waals surface area (Å²) in [7, 11) is 4.36. The van der Waals surface area contributed by atoms with E-state index in [9.17, 15) is 0 Å². The topological polar surface area (TPSA) is 58.5 Å². The molecule has 2 atom stereocenters. The Kier molecular flexibility index (Phi) is 6.28. The first kappa shape index (κ1) is 13.9. The van der Waals surface area contributed by atoms with Gasteiger partial charge < -0.3 is 21.3 Å². The molecule has 1 fully saturated rings. The van der Waals surface area contributed by atoms with E-state index in [2.05, 4.69) is 23.9 Å². The van der Waals surface area contributed by atoms with Crippen LogP contribution in [0.2, 0.25) is 0 Å². The Hall–Kier alpha value is -0.160. The number of rotatable bonds is 6. The minimum Gasteiger partial charge on any atom is -0.329 e. The lowest BCUT2D eigenvalue weighted by Gasteiger charge is -2.31. The van der Waals surface area contributed by atoms with Crippen LogP contribution in [0.3, 0.4) is 0 Å². The van der Waals surface area contributed by atoms with Crippen LogP contribution in [0.4, 0.5) is 0 Å². The summed E-state index contributed by atoms with van der Waals surface area (Å²) in [4.78, 5) is 4.76. The van der Waals surface area contributed by atoms with Gasteiger partial charge in [-0.25, -0.2) is 0 Å². The number of piperidine rings is 1. The Morgan fingerprint density at radius 1 is 1.50 bits per heavy atom. The molecular formula is C12H28N4. The van der Waals surface area contributed by atoms with Crippen LogP contribution in [-0.4, -0.2) is 62.7 Å². The molecule has 4 N–H and O–H groups in total. The normalized spacial score (nSPS) is 24.9. The van der Waals surface area contributed by atoms with Crippen LogP contribution in [0.5, 0.6) is 0 Å². The van der Waals surface area contributed by atoms with E-state index in [1.54, 1.807) is 0 Å². The Labute approximate surface area is 99.9 Å². The van der Waals surface area contributed by atoms with Gasteiger partial charge in [0.1, 0.15) is 0 Å². The minimum absolute atomic E-state index is 0.124. The van der Waals surface area contributed by atoms with Crippen molar-refractivity contribution in [3.8, 4) is 0 Å². The fourth-order valence-electron chi connectivity index (χ4n) is 2.48. The largest absolute Gasteiger partial charge is 0.329 e. The summed E-state index contributed by atoms with van der Waals surface area (Å²) in [6.45, 7) is 5.17. The molecule has 0 aromatic rings. The predicted octanol–water partition coefficient (Wildman–Crippen LogP) is -0.0639. The fraction of sp³-hybridized carbons (Fsp3) is 1.00. The Morgan fingerprint density at radius 2 is 2.25 bits per heavy atom. The average Bonchev–Trinajstić information content (AvgIpc) is 2.26. The van der Waals surface area contributed by atoms with Gasteiger partial charge >= 0.3 is 0 Å². The molecule has 4 heteroatoms. The lowest BCUT2D eigenvalue weighted by molar-refractivity contribution is 0.184. The second kappa shape index (κ2) is 7.22. The van der Waals surface area contributed by atoms with E-state index in [1.165, 1.54) is 32.4 Å². The van der Waals surface area contributed by atoms with E-state index in [1.807, 2.05) is 0 Å². The van der Waals surface area contributed by atoms with Crippen LogP contribution in [0, 0.1) is 5.92 Å². The smallest absolute Gasteiger partial charge is 0.0292 e. The molecule has 0 radical (unpaired) electrons. The van der Waals surface area contributed by atoms with Crippen molar-refractivity contribution in [1.82, 2.24) is 9.80 Å². The molecule has 16 heavy (non-hydrogen) atoms. The van der Waals surface area contributed by atoms with Gasteiger partial charge in [-0.1, -0.05) is 0 Å². The molecule has 1 saturated heterocycles. The lowest BCUT2D eigenvalue weighted by atomic mass is 9.95. The van der Waals surface area contributed by atoms with E-state index in [-0.39, 0.29) is 6.04 Å². The molecule has 1 rings (SSSR count). The van der Waals surface area contributed by atoms with Gasteiger partial charge in [0.25, 0.3) is 0 Å². The van der Waals surface area contributed by atoms with Gasteiger partial charge in [-0.15, -0.1) is 0 Å². The third kappa shape index (κ3) is 5.25. The van der Waals surface area contributed by atoms with Crippen molar-refractivity contribution in [3.05, 3.63) is 0 Å². The molecular weight excluding hydrogens is 200 g/mol. The van der Waals surface area contributed by atoms with Gasteiger partial charge in [0.2, 0.25) is 0 Å². The molecule has 4 nitrogen and oxygen atoms in total. The fourth-order valence-corrected chi connectivity index (χ4v) is 2.48. The maximum atomic E-state index is 5.83. The summed E-state index contributed by atoms with van der Waals surface area (Å²) >= 11 is 0. The summed E-state index contributed by atoms with van der Waals surface area (Å²) in [5.41, 5.74) is 11.3. The number of nitrogens with two attached hydrogens (primary N) is 2. The van der Waals surface area contributed by atoms with Crippen LogP contribution >= 0.6 is 0 Å². The first-order chi connectivity index (χ1) is 7.61. The number of nitrogens with zero attached hydrogens (tertiary/aromatic N) is 2. The highest BCUT2D eigenvalue weighted by atomic mass is 15.1. The highest BCUT2D eigenvalue weighted by molar-refractivity contribution is 4.73. The van der Waals surface area contributed by atoms with Crippen molar-refractivity contribution >= 4 is 0 Å². The number of likely N-dealkylation sites (N-methyl/N-ethyl adjacent to an activating group) is 1. The summed E-state index contributed by atoms with van der Waals surface area (Å²) < 4.78 is 0. The third-order valence-corrected chi connectivity index (χ3v) is 3.49. The molecule has 1 aliphatic heterocycles. The standard InChI is InChI=1S/C12H28N4/c1-15-6-3-4-11(9-15)5-7-16(2)10-12(14)8-13/h11-12H,3-10,13-14H2,1-2H3. The van der Waals surface area contributed by atoms with Crippen molar-refractivity contribution < 1.29 is 0 Å². The van der Waals surface area contributed by atoms with Crippen LogP contribution in [0.1, 0.15) is 19.3 Å². The maximum Gasteiger partial charge on any atom is 0.0292 e. The first-order valence-electron chi connectivity index (χ1n) is 6.44. The second-order valence-electron chi connectivity index (χ2n) is 5.32. The Bertz CT molecular complexity index is 186. The van der Waals surface area contributed by atoms with Gasteiger partial charge in [-0.3, -0.25) is 0 Å². The zero-order chi connectivity index (χ0) is 12.0. The second-order valence-corrected chi connectivity index (χ2v) is 5.32. The Balaban J connectivity index is 2.13. The van der Waals surface area contributed by atoms with Gasteiger partial charge in [-0.05, 0) is 52.4 Å². The van der Waals surface area contributed by atoms with Gasteiger partial charge in [0.15, 0.2) is 0 Å². The molecule has 0 aromatic carbocycles. The SMILES string of the molecule is CN(CCC1CCCN(C)C1)CC(N)CN. The molecule has 0 amide bonds. The molecule has 0 saturated carbocycles. The molecule has 0 aliphatic carbocycles. The first-order valence-corrected chi connectivity index (χ1v) is 6.44. The average molecular weight is 228 g/mol. The number of hydrogen-bond acceptors (Lipinski definition) is 4. The summed E-state index contributed by atoms with van der Waals surface area (Å²) in [6.07, 6.45) is 4.03. The van der Waals surface area contributed by atoms with Crippen LogP contribution in [-0.2, 0) is 0 Å². The highest BCUT2D eigenvalue weighted by Gasteiger charge is 2.17. The predicted molar refractivity (Wildman–Crippen MR) is 69.4 cm³/mol. The van der Waals surface area contributed by atoms with E-state index < -0.39 is 0 Å². The molecule has 96 valence electrons. The summed E-state index contributed by atoms with van der Waals surface area (Å²) in [6, 6.07) is 0.124. The molecule has 2 unspecified atom stereocenters. The summed E-state index contributed by atoms with van der Waals surface area (Å²) in [5, 5.41) is 0. The van der Waals surface area contributed by atoms with Crippen molar-refractivity contribution in [2.24, 2.45) is 17.4 Å². The molecule has 0 aromatic heterocycles. The van der Waals surface area contributed by atoms with Crippen LogP contribution in [0.25, 0.3) is 0 Å². The monoisotopic (exact) mass is 228 g/mol. The van der Waals surface area contributed by atoms with E-state index >= 15 is 0 Å². The van der Waals surface area contributed by atoms with E-state index in [0.717, 1.165) is 19.0 Å². The lowest BCUT2D eigenvalue weighted by Crippen LogP contribution is -2.41. The molecule has 0 bridgehead atoms. The summed E-state index contributed by atoms with van der Waals surface area (Å²) in [5.74, 6) is 0.871. The molecule has 1 aliphatic rings. The van der Waals surface area contributed by atoms with Gasteiger partial charge in [0.05, 0.1) is 0 Å². The van der Waals surface area contributed by atoms with Crippen LogP contribution < -0.4 is 11.5 Å². The quantitative estimate of drug-likeness (QED) is 0.668. The Morgan fingerprint density at radius 3 is 2.88 bits per heavy atom. The zero-order valence-electron chi connectivity index (χ0n) is 10.9. The molecule has 0 spiro atoms. The maximum absolute atomic E-state index is 5.83. The zero-order valence-corrected chi connectivity index (χ0v) is 10.9. The molecule has 1 heterocycles. The third-order valence-electron chi connectivity index (χ3n) is 3.49. The highest BCUT2D eigenvalue weighted by Crippen LogP contribution is 2.18. The van der Waals surface area contributed by atoms with Gasteiger partial charge in [-0.2, -0.15) is 0 Å². The van der Waals surface area contributed by atoms with Crippen molar-refractivity contribution in [1.29, 1.82) is 0 Å². The van der Waals surface area contributed by atoms with Crippen molar-refractivity contribution in [3.63, 3.8) is 0 Å². The van der Waals surface area contributed by atoms with E-state index in [0.29, 0.717) is 6.54 Å². The number of hydrogen-bond donors (Lipinski definition) is 2. The minimum atomic E-state index is 0.124. The van der Waals surface area contributed by atoms with E-state index in [4.69, 9.17) is 11.5 Å². The number of likely N-dealkylation sites (tertiary alicyclic amines) is 1. The van der Waals surface area contributed by atoms with Gasteiger partial charge in [0, 0.05) is 25.7 Å². The van der Waals surface area contributed by atoms with Crippen molar-refractivity contribution in [2.45, 2.75) is 25.3 Å². The van der Waals surface area contributed by atoms with Crippen molar-refractivity contribution in [2.75, 3.05) is 46.8 Å². The van der Waals surface area contributed by atoms with Crippen LogP contribution in [0.15, 0.2) is 0 Å².